The van der Waals surface area contributed by atoms with Crippen LogP contribution in [0.3, 0.4) is 0 Å². The third-order valence-electron chi connectivity index (χ3n) is 3.58. The maximum Gasteiger partial charge on any atom is 0.183 e. The summed E-state index contributed by atoms with van der Waals surface area (Å²) in [4.78, 5) is 4.63. The highest BCUT2D eigenvalue weighted by atomic mass is 32.1. The van der Waals surface area contributed by atoms with E-state index in [4.69, 9.17) is 0 Å². The zero-order chi connectivity index (χ0) is 13.3. The first-order valence-electron chi connectivity index (χ1n) is 6.47. The van der Waals surface area contributed by atoms with Crippen LogP contribution < -0.4 is 5.32 Å². The molecule has 0 saturated carbocycles. The van der Waals surface area contributed by atoms with E-state index in [1.54, 1.807) is 11.3 Å². The maximum atomic E-state index is 4.63. The van der Waals surface area contributed by atoms with Gasteiger partial charge in [0.2, 0.25) is 0 Å². The van der Waals surface area contributed by atoms with Crippen LogP contribution in [0.4, 0.5) is 5.13 Å². The van der Waals surface area contributed by atoms with E-state index in [2.05, 4.69) is 63.1 Å². The van der Waals surface area contributed by atoms with Gasteiger partial charge in [-0.3, -0.25) is 0 Å². The van der Waals surface area contributed by atoms with Crippen molar-refractivity contribution in [2.75, 3.05) is 11.9 Å². The summed E-state index contributed by atoms with van der Waals surface area (Å²) in [7, 11) is 0. The number of hydrogen-bond donors (Lipinski definition) is 1. The van der Waals surface area contributed by atoms with Crippen molar-refractivity contribution < 1.29 is 0 Å². The summed E-state index contributed by atoms with van der Waals surface area (Å²) in [5, 5.41) is 4.50. The van der Waals surface area contributed by atoms with Crippen molar-refractivity contribution >= 4 is 26.7 Å². The average molecular weight is 262 g/mol. The predicted molar refractivity (Wildman–Crippen MR) is 81.5 cm³/mol. The highest BCUT2D eigenvalue weighted by Crippen LogP contribution is 2.29. The normalized spacial score (nSPS) is 13.8. The van der Waals surface area contributed by atoms with Gasteiger partial charge in [-0.1, -0.05) is 45.1 Å². The molecule has 1 unspecified atom stereocenters. The molecule has 0 aliphatic rings. The van der Waals surface area contributed by atoms with E-state index in [0.29, 0.717) is 11.3 Å². The average Bonchev–Trinajstić information content (AvgIpc) is 2.66. The molecule has 0 saturated heterocycles. The summed E-state index contributed by atoms with van der Waals surface area (Å²) in [6, 6.07) is 6.44. The maximum absolute atomic E-state index is 4.63. The van der Waals surface area contributed by atoms with E-state index in [1.807, 2.05) is 0 Å². The first-order chi connectivity index (χ1) is 8.36. The molecule has 2 nitrogen and oxygen atoms in total. The number of nitrogens with zero attached hydrogens (tertiary/aromatic N) is 1. The molecule has 1 N–H and O–H groups in total. The number of rotatable bonds is 3. The number of aryl methyl sites for hydroxylation is 1. The molecule has 0 spiro atoms. The Bertz CT molecular complexity index is 537. The molecule has 0 aliphatic heterocycles. The number of aromatic nitrogens is 1. The molecule has 0 bridgehead atoms. The van der Waals surface area contributed by atoms with Crippen LogP contribution in [0.2, 0.25) is 0 Å². The molecule has 1 aromatic heterocycles. The Morgan fingerprint density at radius 2 is 2.06 bits per heavy atom. The number of benzene rings is 1. The Morgan fingerprint density at radius 1 is 1.33 bits per heavy atom. The molecule has 1 atom stereocenters. The van der Waals surface area contributed by atoms with Crippen molar-refractivity contribution in [3.8, 4) is 0 Å². The zero-order valence-corrected chi connectivity index (χ0v) is 12.7. The summed E-state index contributed by atoms with van der Waals surface area (Å²) in [6.45, 7) is 12.2. The summed E-state index contributed by atoms with van der Waals surface area (Å²) in [6.07, 6.45) is 0. The predicted octanol–water partition coefficient (Wildman–Crippen LogP) is 4.70. The van der Waals surface area contributed by atoms with Crippen LogP contribution in [0.25, 0.3) is 10.2 Å². The highest BCUT2D eigenvalue weighted by Gasteiger charge is 2.19. The second-order valence-electron chi connectivity index (χ2n) is 6.14. The van der Waals surface area contributed by atoms with Gasteiger partial charge in [-0.2, -0.15) is 0 Å². The van der Waals surface area contributed by atoms with Crippen molar-refractivity contribution in [1.82, 2.24) is 4.98 Å². The minimum atomic E-state index is 0.334. The molecule has 2 rings (SSSR count). The van der Waals surface area contributed by atoms with Gasteiger partial charge in [0.25, 0.3) is 0 Å². The first-order valence-corrected chi connectivity index (χ1v) is 7.29. The molecule has 2 aromatic rings. The Labute approximate surface area is 113 Å². The molecule has 0 aliphatic carbocycles. The molecule has 18 heavy (non-hydrogen) atoms. The number of anilines is 1. The fraction of sp³-hybridized carbons (Fsp3) is 0.533. The Kier molecular flexibility index (Phi) is 3.62. The molecule has 1 heterocycles. The minimum absolute atomic E-state index is 0.334. The summed E-state index contributed by atoms with van der Waals surface area (Å²) >= 11 is 1.74. The lowest BCUT2D eigenvalue weighted by atomic mass is 9.82. The molecule has 0 radical (unpaired) electrons. The number of hydrogen-bond acceptors (Lipinski definition) is 3. The van der Waals surface area contributed by atoms with Gasteiger partial charge in [0.05, 0.1) is 10.2 Å². The lowest BCUT2D eigenvalue weighted by molar-refractivity contribution is 0.274. The summed E-state index contributed by atoms with van der Waals surface area (Å²) in [5.74, 6) is 0.617. The molecule has 98 valence electrons. The Morgan fingerprint density at radius 3 is 2.72 bits per heavy atom. The lowest BCUT2D eigenvalue weighted by Crippen LogP contribution is -2.24. The van der Waals surface area contributed by atoms with E-state index in [0.717, 1.165) is 17.2 Å². The molecular weight excluding hydrogens is 240 g/mol. The van der Waals surface area contributed by atoms with Gasteiger partial charge in [-0.25, -0.2) is 4.98 Å². The first kappa shape index (κ1) is 13.3. The SMILES string of the molecule is Cc1ccc2sc(NCC(C)C(C)(C)C)nc2c1. The third kappa shape index (κ3) is 3.02. The number of thiazole rings is 1. The van der Waals surface area contributed by atoms with Crippen LogP contribution in [0.15, 0.2) is 18.2 Å². The monoisotopic (exact) mass is 262 g/mol. The van der Waals surface area contributed by atoms with E-state index in [9.17, 15) is 0 Å². The van der Waals surface area contributed by atoms with Crippen molar-refractivity contribution in [3.63, 3.8) is 0 Å². The second-order valence-corrected chi connectivity index (χ2v) is 7.17. The van der Waals surface area contributed by atoms with E-state index in [1.165, 1.54) is 10.3 Å². The quantitative estimate of drug-likeness (QED) is 0.867. The fourth-order valence-corrected chi connectivity index (χ4v) is 2.51. The molecular formula is C15H22N2S. The van der Waals surface area contributed by atoms with Gasteiger partial charge >= 0.3 is 0 Å². The highest BCUT2D eigenvalue weighted by molar-refractivity contribution is 7.22. The van der Waals surface area contributed by atoms with E-state index in [-0.39, 0.29) is 0 Å². The van der Waals surface area contributed by atoms with Gasteiger partial charge < -0.3 is 5.32 Å². The number of fused-ring (bicyclic) bond motifs is 1. The van der Waals surface area contributed by atoms with Crippen molar-refractivity contribution in [3.05, 3.63) is 23.8 Å². The van der Waals surface area contributed by atoms with Gasteiger partial charge in [0, 0.05) is 6.54 Å². The Balaban J connectivity index is 2.09. The van der Waals surface area contributed by atoms with Gasteiger partial charge in [-0.05, 0) is 36.0 Å². The fourth-order valence-electron chi connectivity index (χ4n) is 1.66. The molecule has 0 fully saturated rings. The van der Waals surface area contributed by atoms with Gasteiger partial charge in [0.1, 0.15) is 0 Å². The van der Waals surface area contributed by atoms with Gasteiger partial charge in [0.15, 0.2) is 5.13 Å². The van der Waals surface area contributed by atoms with Crippen LogP contribution in [-0.4, -0.2) is 11.5 Å². The summed E-state index contributed by atoms with van der Waals surface area (Å²) < 4.78 is 1.26. The smallest absolute Gasteiger partial charge is 0.183 e. The van der Waals surface area contributed by atoms with Crippen molar-refractivity contribution in [1.29, 1.82) is 0 Å². The van der Waals surface area contributed by atoms with Crippen molar-refractivity contribution in [2.45, 2.75) is 34.6 Å². The van der Waals surface area contributed by atoms with Crippen LogP contribution in [0.5, 0.6) is 0 Å². The van der Waals surface area contributed by atoms with Crippen LogP contribution in [0, 0.1) is 18.3 Å². The second kappa shape index (κ2) is 4.88. The molecule has 0 amide bonds. The molecule has 1 aromatic carbocycles. The van der Waals surface area contributed by atoms with E-state index < -0.39 is 0 Å². The van der Waals surface area contributed by atoms with Gasteiger partial charge in [-0.15, -0.1) is 0 Å². The van der Waals surface area contributed by atoms with Crippen LogP contribution in [0.1, 0.15) is 33.3 Å². The van der Waals surface area contributed by atoms with E-state index >= 15 is 0 Å². The Hall–Kier alpha value is -1.09. The third-order valence-corrected chi connectivity index (χ3v) is 4.58. The zero-order valence-electron chi connectivity index (χ0n) is 11.9. The largest absolute Gasteiger partial charge is 0.361 e. The van der Waals surface area contributed by atoms with Crippen molar-refractivity contribution in [2.24, 2.45) is 11.3 Å². The molecule has 3 heteroatoms. The topological polar surface area (TPSA) is 24.9 Å². The van der Waals surface area contributed by atoms with Crippen LogP contribution >= 0.6 is 11.3 Å². The number of nitrogens with one attached hydrogen (secondary N) is 1. The summed E-state index contributed by atoms with van der Waals surface area (Å²) in [5.41, 5.74) is 2.70. The standard InChI is InChI=1S/C15H22N2S/c1-10-6-7-13-12(8-10)17-14(18-13)16-9-11(2)15(3,4)5/h6-8,11H,9H2,1-5H3,(H,16,17). The van der Waals surface area contributed by atoms with Crippen LogP contribution in [-0.2, 0) is 0 Å². The lowest BCUT2D eigenvalue weighted by Gasteiger charge is -2.27. The minimum Gasteiger partial charge on any atom is -0.361 e.